The van der Waals surface area contributed by atoms with Crippen molar-refractivity contribution in [2.75, 3.05) is 18.2 Å². The number of nitrogens with one attached hydrogen (secondary N) is 2. The van der Waals surface area contributed by atoms with Crippen LogP contribution in [0, 0.1) is 5.82 Å². The molecule has 1 aliphatic rings. The number of nitrogens with zero attached hydrogens (tertiary/aromatic N) is 1. The highest BCUT2D eigenvalue weighted by atomic mass is 32.2. The molecule has 0 unspecified atom stereocenters. The summed E-state index contributed by atoms with van der Waals surface area (Å²) in [4.78, 5) is 32.4. The Labute approximate surface area is 153 Å². The zero-order valence-corrected chi connectivity index (χ0v) is 15.4. The fourth-order valence-electron chi connectivity index (χ4n) is 3.03. The fourth-order valence-corrected chi connectivity index (χ4v) is 3.40. The first-order valence-electron chi connectivity index (χ1n) is 8.04. The van der Waals surface area contributed by atoms with Gasteiger partial charge in [-0.15, -0.1) is 0 Å². The van der Waals surface area contributed by atoms with Crippen molar-refractivity contribution in [2.24, 2.45) is 0 Å². The number of fused-ring (bicyclic) bond motifs is 1. The molecule has 3 rings (SSSR count). The number of H-pyrrole nitrogens is 1. The first-order valence-corrected chi connectivity index (χ1v) is 9.27. The van der Waals surface area contributed by atoms with E-state index in [1.165, 1.54) is 23.9 Å². The minimum absolute atomic E-state index is 0.193. The summed E-state index contributed by atoms with van der Waals surface area (Å²) in [6.45, 7) is 3.61. The quantitative estimate of drug-likeness (QED) is 0.485. The Bertz CT molecular complexity index is 955. The molecule has 0 fully saturated rings. The number of carbonyl (C=O) groups is 1. The minimum atomic E-state index is -0.770. The number of aromatic nitrogens is 2. The van der Waals surface area contributed by atoms with E-state index in [4.69, 9.17) is 4.74 Å². The predicted molar refractivity (Wildman–Crippen MR) is 97.8 cm³/mol. The Kier molecular flexibility index (Phi) is 5.13. The van der Waals surface area contributed by atoms with Crippen LogP contribution >= 0.6 is 11.8 Å². The molecule has 6 nitrogen and oxygen atoms in total. The molecule has 26 heavy (non-hydrogen) atoms. The van der Waals surface area contributed by atoms with Gasteiger partial charge in [0.25, 0.3) is 5.56 Å². The molecule has 1 atom stereocenters. The molecule has 1 aromatic carbocycles. The van der Waals surface area contributed by atoms with E-state index in [1.54, 1.807) is 32.2 Å². The van der Waals surface area contributed by atoms with Gasteiger partial charge in [0.15, 0.2) is 5.16 Å². The lowest BCUT2D eigenvalue weighted by atomic mass is 9.82. The summed E-state index contributed by atoms with van der Waals surface area (Å²) in [6, 6.07) is 5.85. The molecular formula is C18H18FN3O3S. The van der Waals surface area contributed by atoms with Crippen molar-refractivity contribution < 1.29 is 13.9 Å². The summed E-state index contributed by atoms with van der Waals surface area (Å²) in [5, 5.41) is 3.47. The monoisotopic (exact) mass is 375 g/mol. The summed E-state index contributed by atoms with van der Waals surface area (Å²) < 4.78 is 19.0. The number of thioether (sulfide) groups is 1. The second-order valence-corrected chi connectivity index (χ2v) is 6.50. The van der Waals surface area contributed by atoms with E-state index in [2.05, 4.69) is 15.3 Å². The SMILES string of the molecule is CCOC(=O)C1=C(C)Nc2nc(SC)[nH]c(=O)c2[C@@H]1c1cccc(F)c1. The Morgan fingerprint density at radius 1 is 1.42 bits per heavy atom. The van der Waals surface area contributed by atoms with Crippen LogP contribution in [0.4, 0.5) is 10.2 Å². The molecule has 1 aliphatic heterocycles. The summed E-state index contributed by atoms with van der Waals surface area (Å²) in [7, 11) is 0. The maximum absolute atomic E-state index is 13.8. The number of allylic oxidation sites excluding steroid dienone is 1. The van der Waals surface area contributed by atoms with Gasteiger partial charge in [-0.3, -0.25) is 4.79 Å². The molecule has 0 saturated heterocycles. The number of aromatic amines is 1. The second-order valence-electron chi connectivity index (χ2n) is 5.71. The van der Waals surface area contributed by atoms with Crippen LogP contribution in [0.1, 0.15) is 30.9 Å². The van der Waals surface area contributed by atoms with Crippen molar-refractivity contribution in [1.82, 2.24) is 9.97 Å². The molecule has 0 amide bonds. The number of esters is 1. The smallest absolute Gasteiger partial charge is 0.336 e. The highest BCUT2D eigenvalue weighted by Gasteiger charge is 2.36. The number of anilines is 1. The van der Waals surface area contributed by atoms with Crippen molar-refractivity contribution in [3.8, 4) is 0 Å². The van der Waals surface area contributed by atoms with Gasteiger partial charge >= 0.3 is 5.97 Å². The van der Waals surface area contributed by atoms with Crippen molar-refractivity contribution in [3.05, 3.63) is 62.8 Å². The molecule has 0 aliphatic carbocycles. The van der Waals surface area contributed by atoms with Gasteiger partial charge < -0.3 is 15.0 Å². The van der Waals surface area contributed by atoms with Gasteiger partial charge in [0.1, 0.15) is 11.6 Å². The van der Waals surface area contributed by atoms with Gasteiger partial charge in [0, 0.05) is 5.70 Å². The average molecular weight is 375 g/mol. The molecular weight excluding hydrogens is 357 g/mol. The minimum Gasteiger partial charge on any atom is -0.463 e. The van der Waals surface area contributed by atoms with Gasteiger partial charge in [-0.05, 0) is 37.8 Å². The van der Waals surface area contributed by atoms with Crippen molar-refractivity contribution in [1.29, 1.82) is 0 Å². The lowest BCUT2D eigenvalue weighted by Gasteiger charge is -2.28. The molecule has 8 heteroatoms. The lowest BCUT2D eigenvalue weighted by Crippen LogP contribution is -2.31. The molecule has 1 aromatic heterocycles. The Balaban J connectivity index is 2.27. The lowest BCUT2D eigenvalue weighted by molar-refractivity contribution is -0.138. The maximum atomic E-state index is 13.8. The van der Waals surface area contributed by atoms with Crippen LogP contribution in [0.2, 0.25) is 0 Å². The third kappa shape index (κ3) is 3.24. The van der Waals surface area contributed by atoms with Gasteiger partial charge in [-0.2, -0.15) is 0 Å². The van der Waals surface area contributed by atoms with Gasteiger partial charge in [0.2, 0.25) is 0 Å². The van der Waals surface area contributed by atoms with Crippen LogP contribution in [0.15, 0.2) is 45.5 Å². The van der Waals surface area contributed by atoms with Crippen LogP contribution in [0.25, 0.3) is 0 Å². The third-order valence-corrected chi connectivity index (χ3v) is 4.67. The summed E-state index contributed by atoms with van der Waals surface area (Å²) in [5.41, 5.74) is 1.17. The van der Waals surface area contributed by atoms with Gasteiger partial charge in [-0.25, -0.2) is 14.2 Å². The molecule has 136 valence electrons. The molecule has 2 N–H and O–H groups in total. The molecule has 0 saturated carbocycles. The van der Waals surface area contributed by atoms with E-state index in [9.17, 15) is 14.0 Å². The number of carbonyl (C=O) groups excluding carboxylic acids is 1. The standard InChI is InChI=1S/C18H18FN3O3S/c1-4-25-17(24)12-9(2)20-15-14(16(23)22-18(21-15)26-3)13(12)10-6-5-7-11(19)8-10/h5-8,13H,4H2,1-3H3,(H2,20,21,22,23)/t13-/m1/s1. The van der Waals surface area contributed by atoms with E-state index in [1.807, 2.05) is 0 Å². The average Bonchev–Trinajstić information content (AvgIpc) is 2.60. The highest BCUT2D eigenvalue weighted by molar-refractivity contribution is 7.98. The summed E-state index contributed by atoms with van der Waals surface area (Å²) in [5.74, 6) is -1.41. The Morgan fingerprint density at radius 3 is 2.85 bits per heavy atom. The first-order chi connectivity index (χ1) is 12.5. The normalized spacial score (nSPS) is 16.1. The zero-order chi connectivity index (χ0) is 18.8. The van der Waals surface area contributed by atoms with E-state index in [0.29, 0.717) is 22.2 Å². The fraction of sp³-hybridized carbons (Fsp3) is 0.278. The zero-order valence-electron chi connectivity index (χ0n) is 14.6. The number of rotatable bonds is 4. The van der Waals surface area contributed by atoms with Gasteiger partial charge in [0.05, 0.1) is 23.7 Å². The number of hydrogen-bond donors (Lipinski definition) is 2. The second kappa shape index (κ2) is 7.33. The number of ether oxygens (including phenoxy) is 1. The molecule has 0 spiro atoms. The van der Waals surface area contributed by atoms with Crippen LogP contribution in [0.5, 0.6) is 0 Å². The number of benzene rings is 1. The number of hydrogen-bond acceptors (Lipinski definition) is 6. The van der Waals surface area contributed by atoms with E-state index >= 15 is 0 Å². The Morgan fingerprint density at radius 2 is 2.19 bits per heavy atom. The van der Waals surface area contributed by atoms with E-state index in [0.717, 1.165) is 0 Å². The largest absolute Gasteiger partial charge is 0.463 e. The Hall–Kier alpha value is -2.61. The summed E-state index contributed by atoms with van der Waals surface area (Å²) >= 11 is 1.30. The molecule has 2 aromatic rings. The summed E-state index contributed by atoms with van der Waals surface area (Å²) in [6.07, 6.45) is 1.80. The van der Waals surface area contributed by atoms with Crippen LogP contribution in [-0.2, 0) is 9.53 Å². The van der Waals surface area contributed by atoms with Crippen molar-refractivity contribution in [2.45, 2.75) is 24.9 Å². The van der Waals surface area contributed by atoms with Gasteiger partial charge in [-0.1, -0.05) is 23.9 Å². The predicted octanol–water partition coefficient (Wildman–Crippen LogP) is 3.03. The van der Waals surface area contributed by atoms with E-state index < -0.39 is 17.7 Å². The van der Waals surface area contributed by atoms with Crippen LogP contribution < -0.4 is 10.9 Å². The number of halogens is 1. The first kappa shape index (κ1) is 18.2. The van der Waals surface area contributed by atoms with Crippen LogP contribution in [-0.4, -0.2) is 28.8 Å². The molecule has 0 bridgehead atoms. The van der Waals surface area contributed by atoms with E-state index in [-0.39, 0.29) is 23.3 Å². The van der Waals surface area contributed by atoms with Crippen LogP contribution in [0.3, 0.4) is 0 Å². The molecule has 2 heterocycles. The van der Waals surface area contributed by atoms with Crippen molar-refractivity contribution in [3.63, 3.8) is 0 Å². The molecule has 0 radical (unpaired) electrons. The third-order valence-electron chi connectivity index (χ3n) is 4.09. The highest BCUT2D eigenvalue weighted by Crippen LogP contribution is 2.40. The topological polar surface area (TPSA) is 84.1 Å². The maximum Gasteiger partial charge on any atom is 0.336 e. The van der Waals surface area contributed by atoms with Crippen molar-refractivity contribution >= 4 is 23.5 Å².